The molecule has 2 aromatic heterocycles. The van der Waals surface area contributed by atoms with Gasteiger partial charge in [-0.2, -0.15) is 10.2 Å². The lowest BCUT2D eigenvalue weighted by Gasteiger charge is -2.10. The fourth-order valence-electron chi connectivity index (χ4n) is 2.34. The van der Waals surface area contributed by atoms with E-state index in [1.165, 1.54) is 12.1 Å². The molecule has 0 unspecified atom stereocenters. The van der Waals surface area contributed by atoms with Gasteiger partial charge in [-0.3, -0.25) is 0 Å². The predicted molar refractivity (Wildman–Crippen MR) is 77.4 cm³/mol. The molecule has 0 spiro atoms. The molecule has 0 saturated carbocycles. The van der Waals surface area contributed by atoms with Crippen molar-refractivity contribution in [2.75, 3.05) is 11.5 Å². The number of hydrogen-bond donors (Lipinski definition) is 2. The molecule has 110 valence electrons. The summed E-state index contributed by atoms with van der Waals surface area (Å²) >= 11 is 0. The Bertz CT molecular complexity index is 954. The van der Waals surface area contributed by atoms with Gasteiger partial charge in [-0.15, -0.1) is 0 Å². The second-order valence-electron chi connectivity index (χ2n) is 4.71. The van der Waals surface area contributed by atoms with Crippen molar-refractivity contribution in [3.8, 4) is 17.3 Å². The lowest BCUT2D eigenvalue weighted by molar-refractivity contribution is 0.596. The van der Waals surface area contributed by atoms with Gasteiger partial charge in [0.1, 0.15) is 34.8 Å². The third kappa shape index (κ3) is 1.83. The first-order valence-corrected chi connectivity index (χ1v) is 6.20. The lowest BCUT2D eigenvalue weighted by Crippen LogP contribution is -2.07. The number of hydrogen-bond acceptors (Lipinski definition) is 5. The fourth-order valence-corrected chi connectivity index (χ4v) is 2.34. The molecule has 0 fully saturated rings. The molecule has 22 heavy (non-hydrogen) atoms. The van der Waals surface area contributed by atoms with Crippen LogP contribution in [0.1, 0.15) is 5.56 Å². The highest BCUT2D eigenvalue weighted by atomic mass is 19.1. The summed E-state index contributed by atoms with van der Waals surface area (Å²) in [6, 6.07) is 4.43. The molecule has 6 nitrogen and oxygen atoms in total. The van der Waals surface area contributed by atoms with Crippen LogP contribution in [0.15, 0.2) is 18.3 Å². The number of nitrogens with zero attached hydrogens (tertiary/aromatic N) is 4. The first-order chi connectivity index (χ1) is 10.4. The van der Waals surface area contributed by atoms with Gasteiger partial charge in [-0.1, -0.05) is 0 Å². The molecule has 0 bridgehead atoms. The molecule has 3 aromatic rings. The van der Waals surface area contributed by atoms with Gasteiger partial charge in [0.25, 0.3) is 0 Å². The van der Waals surface area contributed by atoms with E-state index < -0.39 is 17.2 Å². The zero-order valence-electron chi connectivity index (χ0n) is 11.4. The second-order valence-corrected chi connectivity index (χ2v) is 4.71. The van der Waals surface area contributed by atoms with Crippen molar-refractivity contribution in [2.45, 2.75) is 0 Å². The van der Waals surface area contributed by atoms with Crippen molar-refractivity contribution in [3.05, 3.63) is 35.5 Å². The van der Waals surface area contributed by atoms with Crippen molar-refractivity contribution in [1.29, 1.82) is 5.26 Å². The van der Waals surface area contributed by atoms with Gasteiger partial charge < -0.3 is 16.0 Å². The number of aryl methyl sites for hydroxylation is 1. The Kier molecular flexibility index (Phi) is 2.92. The number of rotatable bonds is 1. The van der Waals surface area contributed by atoms with Crippen molar-refractivity contribution < 1.29 is 8.78 Å². The minimum Gasteiger partial charge on any atom is -0.382 e. The molecule has 4 N–H and O–H groups in total. The lowest BCUT2D eigenvalue weighted by atomic mass is 10.0. The predicted octanol–water partition coefficient (Wildman–Crippen LogP) is 1.95. The van der Waals surface area contributed by atoms with E-state index in [0.29, 0.717) is 5.52 Å². The van der Waals surface area contributed by atoms with Gasteiger partial charge in [0.2, 0.25) is 5.95 Å². The minimum absolute atomic E-state index is 0.207. The maximum atomic E-state index is 14.7. The van der Waals surface area contributed by atoms with E-state index >= 15 is 0 Å². The third-order valence-corrected chi connectivity index (χ3v) is 3.38. The van der Waals surface area contributed by atoms with Crippen molar-refractivity contribution in [2.24, 2.45) is 7.05 Å². The SMILES string of the molecule is Cn1ccc2c(F)c(-c3nc(N)nc(N)c3C#N)c(F)cc21. The van der Waals surface area contributed by atoms with Crippen LogP contribution < -0.4 is 11.5 Å². The topological polar surface area (TPSA) is 107 Å². The highest BCUT2D eigenvalue weighted by Crippen LogP contribution is 2.34. The molecule has 0 saturated heterocycles. The van der Waals surface area contributed by atoms with Crippen LogP contribution in [0.3, 0.4) is 0 Å². The number of nitriles is 1. The Labute approximate surface area is 123 Å². The van der Waals surface area contributed by atoms with E-state index in [1.54, 1.807) is 23.9 Å². The summed E-state index contributed by atoms with van der Waals surface area (Å²) in [5, 5.41) is 9.36. The van der Waals surface area contributed by atoms with Crippen LogP contribution in [0.4, 0.5) is 20.5 Å². The maximum Gasteiger partial charge on any atom is 0.222 e. The largest absolute Gasteiger partial charge is 0.382 e. The van der Waals surface area contributed by atoms with E-state index in [0.717, 1.165) is 0 Å². The Morgan fingerprint density at radius 2 is 2.00 bits per heavy atom. The van der Waals surface area contributed by atoms with Gasteiger partial charge in [0.15, 0.2) is 0 Å². The van der Waals surface area contributed by atoms with E-state index in [2.05, 4.69) is 9.97 Å². The standard InChI is InChI=1S/C14H10F2N6/c1-22-3-2-6-9(22)4-8(15)10(11(6)16)12-7(5-17)13(18)21-14(19)20-12/h2-4H,1H3,(H4,18,19,20,21). The molecule has 0 amide bonds. The average Bonchev–Trinajstić information content (AvgIpc) is 2.80. The first kappa shape index (κ1) is 13.8. The number of halogens is 2. The van der Waals surface area contributed by atoms with E-state index in [-0.39, 0.29) is 28.4 Å². The van der Waals surface area contributed by atoms with Gasteiger partial charge >= 0.3 is 0 Å². The number of nitrogen functional groups attached to an aromatic ring is 2. The molecule has 1 aromatic carbocycles. The number of nitrogens with two attached hydrogens (primary N) is 2. The number of aromatic nitrogens is 3. The number of anilines is 2. The molecule has 3 rings (SSSR count). The summed E-state index contributed by atoms with van der Waals surface area (Å²) in [6.07, 6.45) is 1.60. The molecular formula is C14H10F2N6. The summed E-state index contributed by atoms with van der Waals surface area (Å²) in [5.74, 6) is -2.18. The number of benzene rings is 1. The highest BCUT2D eigenvalue weighted by Gasteiger charge is 2.23. The summed E-state index contributed by atoms with van der Waals surface area (Å²) in [7, 11) is 1.67. The van der Waals surface area contributed by atoms with Crippen LogP contribution in [0, 0.1) is 23.0 Å². The van der Waals surface area contributed by atoms with Gasteiger partial charge in [-0.05, 0) is 12.1 Å². The fraction of sp³-hybridized carbons (Fsp3) is 0.0714. The Hall–Kier alpha value is -3.21. The van der Waals surface area contributed by atoms with E-state index in [9.17, 15) is 8.78 Å². The van der Waals surface area contributed by atoms with Crippen LogP contribution >= 0.6 is 0 Å². The second kappa shape index (κ2) is 4.66. The van der Waals surface area contributed by atoms with Crippen LogP contribution in [0.2, 0.25) is 0 Å². The van der Waals surface area contributed by atoms with Gasteiger partial charge in [0, 0.05) is 18.6 Å². The zero-order chi connectivity index (χ0) is 16.0. The summed E-state index contributed by atoms with van der Waals surface area (Å²) in [6.45, 7) is 0. The molecule has 0 aliphatic heterocycles. The molecule has 0 aliphatic carbocycles. The molecule has 8 heteroatoms. The van der Waals surface area contributed by atoms with Crippen LogP contribution in [0.5, 0.6) is 0 Å². The maximum absolute atomic E-state index is 14.7. The minimum atomic E-state index is -0.860. The van der Waals surface area contributed by atoms with E-state index in [4.69, 9.17) is 16.7 Å². The zero-order valence-corrected chi connectivity index (χ0v) is 11.4. The summed E-state index contributed by atoms with van der Waals surface area (Å²) in [5.41, 5.74) is 10.5. The molecule has 0 radical (unpaired) electrons. The molecule has 2 heterocycles. The molecule has 0 atom stereocenters. The highest BCUT2D eigenvalue weighted by molar-refractivity contribution is 5.88. The Morgan fingerprint density at radius 3 is 2.68 bits per heavy atom. The Morgan fingerprint density at radius 1 is 1.27 bits per heavy atom. The smallest absolute Gasteiger partial charge is 0.222 e. The van der Waals surface area contributed by atoms with E-state index in [1.807, 2.05) is 0 Å². The van der Waals surface area contributed by atoms with Gasteiger partial charge in [0.05, 0.1) is 11.1 Å². The molecule has 0 aliphatic rings. The van der Waals surface area contributed by atoms with Crippen LogP contribution in [0.25, 0.3) is 22.2 Å². The number of fused-ring (bicyclic) bond motifs is 1. The van der Waals surface area contributed by atoms with Crippen molar-refractivity contribution in [3.63, 3.8) is 0 Å². The normalized spacial score (nSPS) is 10.8. The van der Waals surface area contributed by atoms with Crippen molar-refractivity contribution in [1.82, 2.24) is 14.5 Å². The van der Waals surface area contributed by atoms with Gasteiger partial charge in [-0.25, -0.2) is 13.8 Å². The molecular weight excluding hydrogens is 290 g/mol. The van der Waals surface area contributed by atoms with Crippen LogP contribution in [-0.2, 0) is 7.05 Å². The summed E-state index contributed by atoms with van der Waals surface area (Å²) in [4.78, 5) is 7.42. The quantitative estimate of drug-likeness (QED) is 0.714. The van der Waals surface area contributed by atoms with Crippen molar-refractivity contribution >= 4 is 22.7 Å². The summed E-state index contributed by atoms with van der Waals surface area (Å²) < 4.78 is 30.7. The van der Waals surface area contributed by atoms with Crippen LogP contribution in [-0.4, -0.2) is 14.5 Å². The Balaban J connectivity index is 2.44. The third-order valence-electron chi connectivity index (χ3n) is 3.38. The average molecular weight is 300 g/mol. The first-order valence-electron chi connectivity index (χ1n) is 6.20. The monoisotopic (exact) mass is 300 g/mol.